The maximum absolute atomic E-state index is 5.54. The summed E-state index contributed by atoms with van der Waals surface area (Å²) in [6, 6.07) is 11.9. The number of hydrogen-bond donors (Lipinski definition) is 0. The molecule has 1 aliphatic rings. The fraction of sp³-hybridized carbons (Fsp3) is 0.300. The minimum Gasteiger partial charge on any atom is -0.467 e. The highest BCUT2D eigenvalue weighted by molar-refractivity contribution is 7.98. The van der Waals surface area contributed by atoms with Crippen molar-refractivity contribution in [2.45, 2.75) is 43.1 Å². The smallest absolute Gasteiger partial charge is 0.192 e. The number of aryl methyl sites for hydroxylation is 1. The fourth-order valence-electron chi connectivity index (χ4n) is 3.15. The largest absolute Gasteiger partial charge is 0.467 e. The van der Waals surface area contributed by atoms with Gasteiger partial charge in [0.25, 0.3) is 0 Å². The van der Waals surface area contributed by atoms with E-state index in [1.807, 2.05) is 43.3 Å². The third-order valence-corrected chi connectivity index (χ3v) is 5.74. The van der Waals surface area contributed by atoms with Gasteiger partial charge < -0.3 is 4.42 Å². The SMILES string of the molecule is Cc1nc2ccccc2nc1CSc1nnc(C2CC2)n1Cc1ccco1. The lowest BCUT2D eigenvalue weighted by atomic mass is 10.2. The number of nitrogens with zero attached hydrogens (tertiary/aromatic N) is 5. The summed E-state index contributed by atoms with van der Waals surface area (Å²) in [6.45, 7) is 2.68. The van der Waals surface area contributed by atoms with Crippen molar-refractivity contribution in [3.63, 3.8) is 0 Å². The molecule has 1 saturated carbocycles. The zero-order chi connectivity index (χ0) is 18.2. The van der Waals surface area contributed by atoms with E-state index in [0.717, 1.165) is 39.2 Å². The molecule has 1 fully saturated rings. The molecule has 5 rings (SSSR count). The van der Waals surface area contributed by atoms with E-state index in [9.17, 15) is 0 Å². The number of benzene rings is 1. The lowest BCUT2D eigenvalue weighted by Crippen LogP contribution is -2.06. The number of thioether (sulfide) groups is 1. The number of aromatic nitrogens is 5. The molecular weight excluding hydrogens is 358 g/mol. The molecule has 7 heteroatoms. The lowest BCUT2D eigenvalue weighted by molar-refractivity contribution is 0.478. The minimum atomic E-state index is 0.531. The van der Waals surface area contributed by atoms with E-state index in [4.69, 9.17) is 9.40 Å². The maximum Gasteiger partial charge on any atom is 0.192 e. The molecule has 3 heterocycles. The van der Waals surface area contributed by atoms with Gasteiger partial charge >= 0.3 is 0 Å². The highest BCUT2D eigenvalue weighted by Crippen LogP contribution is 2.40. The summed E-state index contributed by atoms with van der Waals surface area (Å²) < 4.78 is 7.72. The Morgan fingerprint density at radius 3 is 2.63 bits per heavy atom. The fourth-order valence-corrected chi connectivity index (χ4v) is 4.10. The Hall–Kier alpha value is -2.67. The summed E-state index contributed by atoms with van der Waals surface area (Å²) in [7, 11) is 0. The molecule has 0 radical (unpaired) electrons. The van der Waals surface area contributed by atoms with E-state index in [-0.39, 0.29) is 0 Å². The average molecular weight is 377 g/mol. The van der Waals surface area contributed by atoms with Gasteiger partial charge in [-0.2, -0.15) is 0 Å². The molecule has 0 unspecified atom stereocenters. The van der Waals surface area contributed by atoms with Gasteiger partial charge in [-0.15, -0.1) is 10.2 Å². The van der Waals surface area contributed by atoms with Crippen molar-refractivity contribution in [1.29, 1.82) is 0 Å². The van der Waals surface area contributed by atoms with Crippen molar-refractivity contribution in [3.05, 3.63) is 65.6 Å². The third kappa shape index (κ3) is 3.35. The highest BCUT2D eigenvalue weighted by Gasteiger charge is 2.30. The average Bonchev–Trinajstić information content (AvgIpc) is 3.24. The predicted octanol–water partition coefficient (Wildman–Crippen LogP) is 4.34. The van der Waals surface area contributed by atoms with Crippen LogP contribution in [0.15, 0.2) is 52.2 Å². The molecule has 6 nitrogen and oxygen atoms in total. The van der Waals surface area contributed by atoms with Crippen LogP contribution in [0.5, 0.6) is 0 Å². The number of para-hydroxylation sites is 2. The van der Waals surface area contributed by atoms with E-state index in [1.54, 1.807) is 18.0 Å². The van der Waals surface area contributed by atoms with Crippen molar-refractivity contribution in [1.82, 2.24) is 24.7 Å². The first-order chi connectivity index (χ1) is 13.3. The van der Waals surface area contributed by atoms with Gasteiger partial charge in [0.2, 0.25) is 0 Å². The zero-order valence-electron chi connectivity index (χ0n) is 15.0. The van der Waals surface area contributed by atoms with Crippen LogP contribution in [0.25, 0.3) is 11.0 Å². The second kappa shape index (κ2) is 6.81. The summed E-state index contributed by atoms with van der Waals surface area (Å²) in [5.41, 5.74) is 3.80. The molecular formula is C20H19N5OS. The van der Waals surface area contributed by atoms with Crippen LogP contribution in [0.3, 0.4) is 0 Å². The summed E-state index contributed by atoms with van der Waals surface area (Å²) in [5.74, 6) is 3.23. The van der Waals surface area contributed by atoms with Crippen LogP contribution in [0.1, 0.15) is 41.7 Å². The van der Waals surface area contributed by atoms with Gasteiger partial charge in [0, 0.05) is 11.7 Å². The van der Waals surface area contributed by atoms with Gasteiger partial charge in [0.05, 0.1) is 35.2 Å². The summed E-state index contributed by atoms with van der Waals surface area (Å²) >= 11 is 1.66. The molecule has 0 aliphatic heterocycles. The molecule has 1 aliphatic carbocycles. The van der Waals surface area contributed by atoms with Gasteiger partial charge in [-0.05, 0) is 44.0 Å². The Kier molecular flexibility index (Phi) is 4.16. The summed E-state index contributed by atoms with van der Waals surface area (Å²) in [4.78, 5) is 9.47. The second-order valence-electron chi connectivity index (χ2n) is 6.81. The molecule has 0 amide bonds. The normalized spacial score (nSPS) is 14.1. The Morgan fingerprint density at radius 2 is 1.89 bits per heavy atom. The van der Waals surface area contributed by atoms with Crippen LogP contribution in [-0.4, -0.2) is 24.7 Å². The number of furan rings is 1. The van der Waals surface area contributed by atoms with E-state index in [1.165, 1.54) is 12.8 Å². The van der Waals surface area contributed by atoms with Gasteiger partial charge in [-0.25, -0.2) is 9.97 Å². The van der Waals surface area contributed by atoms with Crippen molar-refractivity contribution < 1.29 is 4.42 Å². The van der Waals surface area contributed by atoms with Crippen molar-refractivity contribution in [2.75, 3.05) is 0 Å². The molecule has 136 valence electrons. The highest BCUT2D eigenvalue weighted by atomic mass is 32.2. The summed E-state index contributed by atoms with van der Waals surface area (Å²) in [5, 5.41) is 9.81. The Bertz CT molecular complexity index is 1090. The molecule has 0 saturated heterocycles. The summed E-state index contributed by atoms with van der Waals surface area (Å²) in [6.07, 6.45) is 4.09. The molecule has 1 aromatic carbocycles. The van der Waals surface area contributed by atoms with Gasteiger partial charge in [-0.1, -0.05) is 23.9 Å². The van der Waals surface area contributed by atoms with Crippen LogP contribution in [0, 0.1) is 6.92 Å². The molecule has 0 spiro atoms. The van der Waals surface area contributed by atoms with Crippen LogP contribution < -0.4 is 0 Å². The molecule has 0 N–H and O–H groups in total. The Labute approximate surface area is 161 Å². The molecule has 27 heavy (non-hydrogen) atoms. The van der Waals surface area contributed by atoms with E-state index in [2.05, 4.69) is 19.7 Å². The topological polar surface area (TPSA) is 69.6 Å². The maximum atomic E-state index is 5.54. The first-order valence-corrected chi connectivity index (χ1v) is 10.1. The Morgan fingerprint density at radius 1 is 1.07 bits per heavy atom. The standard InChI is InChI=1S/C20H19N5OS/c1-13-18(22-17-7-3-2-6-16(17)21-13)12-27-20-24-23-19(14-8-9-14)25(20)11-15-5-4-10-26-15/h2-7,10,14H,8-9,11-12H2,1H3. The monoisotopic (exact) mass is 377 g/mol. The van der Waals surface area contributed by atoms with Crippen molar-refractivity contribution >= 4 is 22.8 Å². The first kappa shape index (κ1) is 16.5. The zero-order valence-corrected chi connectivity index (χ0v) is 15.8. The molecule has 0 atom stereocenters. The number of hydrogen-bond acceptors (Lipinski definition) is 6. The van der Waals surface area contributed by atoms with Gasteiger partial charge in [0.1, 0.15) is 11.6 Å². The molecule has 4 aromatic rings. The van der Waals surface area contributed by atoms with Crippen molar-refractivity contribution in [3.8, 4) is 0 Å². The molecule has 3 aromatic heterocycles. The van der Waals surface area contributed by atoms with Gasteiger partial charge in [-0.3, -0.25) is 4.57 Å². The quantitative estimate of drug-likeness (QED) is 0.466. The van der Waals surface area contributed by atoms with E-state index >= 15 is 0 Å². The molecule has 0 bridgehead atoms. The predicted molar refractivity (Wildman–Crippen MR) is 104 cm³/mol. The van der Waals surface area contributed by atoms with Crippen molar-refractivity contribution in [2.24, 2.45) is 0 Å². The van der Waals surface area contributed by atoms with Crippen LogP contribution >= 0.6 is 11.8 Å². The second-order valence-corrected chi connectivity index (χ2v) is 7.76. The minimum absolute atomic E-state index is 0.531. The third-order valence-electron chi connectivity index (χ3n) is 4.76. The van der Waals surface area contributed by atoms with E-state index in [0.29, 0.717) is 18.2 Å². The first-order valence-electron chi connectivity index (χ1n) is 9.08. The number of fused-ring (bicyclic) bond motifs is 1. The van der Waals surface area contributed by atoms with Crippen LogP contribution in [0.2, 0.25) is 0 Å². The Balaban J connectivity index is 1.42. The van der Waals surface area contributed by atoms with Crippen LogP contribution in [0.4, 0.5) is 0 Å². The van der Waals surface area contributed by atoms with E-state index < -0.39 is 0 Å². The number of rotatable bonds is 6. The lowest BCUT2D eigenvalue weighted by Gasteiger charge is -2.09. The van der Waals surface area contributed by atoms with Gasteiger partial charge in [0.15, 0.2) is 5.16 Å². The van der Waals surface area contributed by atoms with Crippen LogP contribution in [-0.2, 0) is 12.3 Å².